The van der Waals surface area contributed by atoms with Gasteiger partial charge in [-0.05, 0) is 34.1 Å². The highest BCUT2D eigenvalue weighted by atomic mass is 79.9. The van der Waals surface area contributed by atoms with Gasteiger partial charge < -0.3 is 0 Å². The molecule has 0 aliphatic heterocycles. The van der Waals surface area contributed by atoms with Crippen molar-refractivity contribution in [3.63, 3.8) is 0 Å². The largest absolute Gasteiger partial charge is 0.298 e. The second-order valence-electron chi connectivity index (χ2n) is 3.67. The minimum atomic E-state index is -0.434. The molecule has 0 saturated carbocycles. The number of anilines is 1. The Morgan fingerprint density at radius 3 is 2.74 bits per heavy atom. The maximum Gasteiger partial charge on any atom is 0.258 e. The molecule has 1 aromatic heterocycles. The summed E-state index contributed by atoms with van der Waals surface area (Å²) in [6.45, 7) is 1.40. The number of hydrogen-bond donors (Lipinski definition) is 1. The Morgan fingerprint density at radius 1 is 1.42 bits per heavy atom. The molecule has 7 heteroatoms. The molecule has 1 N–H and O–H groups in total. The van der Waals surface area contributed by atoms with Crippen molar-refractivity contribution in [2.75, 3.05) is 5.32 Å². The second kappa shape index (κ2) is 5.58. The highest BCUT2D eigenvalue weighted by molar-refractivity contribution is 9.10. The summed E-state index contributed by atoms with van der Waals surface area (Å²) in [6.07, 6.45) is 0. The Balaban J connectivity index is 2.18. The van der Waals surface area contributed by atoms with Gasteiger partial charge in [0.25, 0.3) is 5.91 Å². The Labute approximate surface area is 120 Å². The lowest BCUT2D eigenvalue weighted by atomic mass is 10.2. The lowest BCUT2D eigenvalue weighted by molar-refractivity contribution is 0.100. The third kappa shape index (κ3) is 3.24. The lowest BCUT2D eigenvalue weighted by Gasteiger charge is -2.04. The van der Waals surface area contributed by atoms with Gasteiger partial charge in [-0.1, -0.05) is 0 Å². The van der Waals surface area contributed by atoms with Crippen LogP contribution < -0.4 is 5.32 Å². The molecule has 0 atom stereocenters. The molecular formula is C12H8BrFN2O2S. The third-order valence-electron chi connectivity index (χ3n) is 2.26. The van der Waals surface area contributed by atoms with Gasteiger partial charge in [-0.25, -0.2) is 9.37 Å². The maximum absolute atomic E-state index is 12.9. The van der Waals surface area contributed by atoms with Crippen LogP contribution in [0.15, 0.2) is 28.1 Å². The zero-order valence-electron chi connectivity index (χ0n) is 9.74. The van der Waals surface area contributed by atoms with Gasteiger partial charge in [0.15, 0.2) is 10.9 Å². The molecule has 0 bridgehead atoms. The average Bonchev–Trinajstić information content (AvgIpc) is 2.77. The molecule has 2 aromatic rings. The molecule has 1 heterocycles. The van der Waals surface area contributed by atoms with E-state index >= 15 is 0 Å². The molecule has 0 unspecified atom stereocenters. The maximum atomic E-state index is 12.9. The van der Waals surface area contributed by atoms with Crippen molar-refractivity contribution in [3.8, 4) is 0 Å². The van der Waals surface area contributed by atoms with Crippen LogP contribution in [0, 0.1) is 5.82 Å². The molecule has 0 aliphatic rings. The van der Waals surface area contributed by atoms with Crippen LogP contribution in [0.1, 0.15) is 27.8 Å². The van der Waals surface area contributed by atoms with Gasteiger partial charge in [-0.15, -0.1) is 11.3 Å². The summed E-state index contributed by atoms with van der Waals surface area (Å²) in [5.41, 5.74) is 0.597. The standard InChI is InChI=1S/C12H8BrFN2O2S/c1-6(17)10-5-19-12(15-10)16-11(18)8-3-2-7(14)4-9(8)13/h2-5H,1H3,(H,15,16,18). The number of nitrogens with one attached hydrogen (secondary N) is 1. The predicted octanol–water partition coefficient (Wildman–Crippen LogP) is 3.50. The van der Waals surface area contributed by atoms with Gasteiger partial charge in [0.1, 0.15) is 11.5 Å². The van der Waals surface area contributed by atoms with Crippen LogP contribution in [0.3, 0.4) is 0 Å². The summed E-state index contributed by atoms with van der Waals surface area (Å²) >= 11 is 4.27. The number of hydrogen-bond acceptors (Lipinski definition) is 4. The first-order chi connectivity index (χ1) is 8.97. The summed E-state index contributed by atoms with van der Waals surface area (Å²) < 4.78 is 13.3. The molecule has 0 aliphatic carbocycles. The highest BCUT2D eigenvalue weighted by Crippen LogP contribution is 2.21. The van der Waals surface area contributed by atoms with Gasteiger partial charge in [0.05, 0.1) is 5.56 Å². The Kier molecular flexibility index (Phi) is 4.06. The van der Waals surface area contributed by atoms with Gasteiger partial charge in [-0.3, -0.25) is 14.9 Å². The highest BCUT2D eigenvalue weighted by Gasteiger charge is 2.13. The molecule has 1 amide bonds. The zero-order chi connectivity index (χ0) is 14.0. The lowest BCUT2D eigenvalue weighted by Crippen LogP contribution is -2.12. The van der Waals surface area contributed by atoms with Crippen molar-refractivity contribution in [1.29, 1.82) is 0 Å². The van der Waals surface area contributed by atoms with Gasteiger partial charge in [-0.2, -0.15) is 0 Å². The first-order valence-corrected chi connectivity index (χ1v) is 6.87. The molecule has 0 saturated heterocycles. The fourth-order valence-corrected chi connectivity index (χ4v) is 2.61. The third-order valence-corrected chi connectivity index (χ3v) is 3.67. The van der Waals surface area contributed by atoms with Gasteiger partial charge in [0.2, 0.25) is 0 Å². The molecule has 4 nitrogen and oxygen atoms in total. The van der Waals surface area contributed by atoms with Crippen molar-refractivity contribution in [1.82, 2.24) is 4.98 Å². The monoisotopic (exact) mass is 342 g/mol. The number of thiazole rings is 1. The molecule has 0 radical (unpaired) electrons. The van der Waals surface area contributed by atoms with E-state index in [1.807, 2.05) is 0 Å². The summed E-state index contributed by atoms with van der Waals surface area (Å²) in [7, 11) is 0. The quantitative estimate of drug-likeness (QED) is 0.868. The van der Waals surface area contributed by atoms with E-state index in [0.717, 1.165) is 11.3 Å². The number of benzene rings is 1. The van der Waals surface area contributed by atoms with Crippen molar-refractivity contribution < 1.29 is 14.0 Å². The Bertz CT molecular complexity index is 657. The van der Waals surface area contributed by atoms with Crippen LogP contribution in [0.5, 0.6) is 0 Å². The van der Waals surface area contributed by atoms with E-state index in [2.05, 4.69) is 26.2 Å². The number of amides is 1. The zero-order valence-corrected chi connectivity index (χ0v) is 12.1. The van der Waals surface area contributed by atoms with Crippen molar-refractivity contribution in [3.05, 3.63) is 45.1 Å². The average molecular weight is 343 g/mol. The van der Waals surface area contributed by atoms with Crippen molar-refractivity contribution in [2.45, 2.75) is 6.92 Å². The molecule has 19 heavy (non-hydrogen) atoms. The van der Waals surface area contributed by atoms with Crippen LogP contribution in [0.2, 0.25) is 0 Å². The molecule has 98 valence electrons. The van der Waals surface area contributed by atoms with Crippen LogP contribution in [0.4, 0.5) is 9.52 Å². The van der Waals surface area contributed by atoms with E-state index in [1.54, 1.807) is 5.38 Å². The van der Waals surface area contributed by atoms with Crippen LogP contribution in [-0.4, -0.2) is 16.7 Å². The van der Waals surface area contributed by atoms with E-state index in [4.69, 9.17) is 0 Å². The van der Waals surface area contributed by atoms with Crippen molar-refractivity contribution >= 4 is 44.1 Å². The predicted molar refractivity (Wildman–Crippen MR) is 74.2 cm³/mol. The number of aromatic nitrogens is 1. The fraction of sp³-hybridized carbons (Fsp3) is 0.0833. The first kappa shape index (κ1) is 13.8. The summed E-state index contributed by atoms with van der Waals surface area (Å²) in [5, 5.41) is 4.45. The Hall–Kier alpha value is -1.60. The number of carbonyl (C=O) groups is 2. The van der Waals surface area contributed by atoms with E-state index in [9.17, 15) is 14.0 Å². The SMILES string of the molecule is CC(=O)c1csc(NC(=O)c2ccc(F)cc2Br)n1. The summed E-state index contributed by atoms with van der Waals surface area (Å²) in [6, 6.07) is 3.77. The van der Waals surface area contributed by atoms with Gasteiger partial charge in [0, 0.05) is 16.8 Å². The number of Topliss-reactive ketones (excluding diaryl/α,β-unsaturated/α-hetero) is 1. The molecule has 0 spiro atoms. The number of nitrogens with zero attached hydrogens (tertiary/aromatic N) is 1. The second-order valence-corrected chi connectivity index (χ2v) is 5.38. The molecule has 1 aromatic carbocycles. The van der Waals surface area contributed by atoms with E-state index < -0.39 is 11.7 Å². The van der Waals surface area contributed by atoms with Crippen LogP contribution in [0.25, 0.3) is 0 Å². The molecular weight excluding hydrogens is 335 g/mol. The van der Waals surface area contributed by atoms with E-state index in [0.29, 0.717) is 20.9 Å². The van der Waals surface area contributed by atoms with Crippen LogP contribution in [-0.2, 0) is 0 Å². The molecule has 2 rings (SSSR count). The van der Waals surface area contributed by atoms with Crippen LogP contribution >= 0.6 is 27.3 Å². The summed E-state index contributed by atoms with van der Waals surface area (Å²) in [5.74, 6) is -1.02. The normalized spacial score (nSPS) is 10.3. The Morgan fingerprint density at radius 2 is 2.16 bits per heavy atom. The van der Waals surface area contributed by atoms with Crippen molar-refractivity contribution in [2.24, 2.45) is 0 Å². The number of carbonyl (C=O) groups excluding carboxylic acids is 2. The number of rotatable bonds is 3. The number of ketones is 1. The van der Waals surface area contributed by atoms with Gasteiger partial charge >= 0.3 is 0 Å². The van der Waals surface area contributed by atoms with E-state index in [-0.39, 0.29) is 5.78 Å². The van der Waals surface area contributed by atoms with E-state index in [1.165, 1.54) is 25.1 Å². The summed E-state index contributed by atoms with van der Waals surface area (Å²) in [4.78, 5) is 27.0. The minimum absolute atomic E-state index is 0.167. The first-order valence-electron chi connectivity index (χ1n) is 5.20. The topological polar surface area (TPSA) is 59.1 Å². The smallest absolute Gasteiger partial charge is 0.258 e. The number of halogens is 2. The molecule has 0 fully saturated rings. The minimum Gasteiger partial charge on any atom is -0.298 e. The fourth-order valence-electron chi connectivity index (χ4n) is 1.33.